The summed E-state index contributed by atoms with van der Waals surface area (Å²) >= 11 is 0. The van der Waals surface area contributed by atoms with Gasteiger partial charge in [-0.25, -0.2) is 4.79 Å². The Kier molecular flexibility index (Phi) is 11.9. The number of aryl methyl sites for hydroxylation is 1. The second kappa shape index (κ2) is 15.5. The Morgan fingerprint density at radius 2 is 1.82 bits per heavy atom. The molecule has 1 aromatic heterocycles. The van der Waals surface area contributed by atoms with Crippen LogP contribution in [0.2, 0.25) is 0 Å². The number of rotatable bonds is 14. The van der Waals surface area contributed by atoms with Gasteiger partial charge in [-0.3, -0.25) is 9.59 Å². The molecule has 0 radical (unpaired) electrons. The minimum atomic E-state index is -0.702. The zero-order chi connectivity index (χ0) is 32.7. The summed E-state index contributed by atoms with van der Waals surface area (Å²) < 4.78 is 13.2. The zero-order valence-corrected chi connectivity index (χ0v) is 28.1. The number of para-hydroxylation sites is 1. The third-order valence-corrected chi connectivity index (χ3v) is 8.63. The lowest BCUT2D eigenvalue weighted by Crippen LogP contribution is -2.54. The molecule has 2 aromatic rings. The number of ether oxygens (including phenoxy) is 2. The number of nitrogens with one attached hydrogen (secondary N) is 1. The van der Waals surface area contributed by atoms with Crippen molar-refractivity contribution in [3.05, 3.63) is 36.0 Å². The summed E-state index contributed by atoms with van der Waals surface area (Å²) in [7, 11) is 1.71. The molecule has 2 N–H and O–H groups in total. The second-order valence-electron chi connectivity index (χ2n) is 14.3. The van der Waals surface area contributed by atoms with Crippen LogP contribution in [0.4, 0.5) is 4.79 Å². The molecular weight excluding hydrogens is 572 g/mol. The minimum absolute atomic E-state index is 0.0196. The Morgan fingerprint density at radius 1 is 1.11 bits per heavy atom. The van der Waals surface area contributed by atoms with E-state index in [1.165, 1.54) is 4.90 Å². The summed E-state index contributed by atoms with van der Waals surface area (Å²) in [5.41, 5.74) is 1.53. The molecule has 1 saturated heterocycles. The highest BCUT2D eigenvalue weighted by molar-refractivity contribution is 5.87. The fourth-order valence-corrected chi connectivity index (χ4v) is 6.44. The molecule has 0 bridgehead atoms. The lowest BCUT2D eigenvalue weighted by Gasteiger charge is -2.39. The maximum atomic E-state index is 14.4. The first kappa shape index (κ1) is 34.8. The van der Waals surface area contributed by atoms with Gasteiger partial charge < -0.3 is 34.3 Å². The van der Waals surface area contributed by atoms with Gasteiger partial charge in [0.25, 0.3) is 0 Å². The highest BCUT2D eigenvalue weighted by Gasteiger charge is 2.43. The standard InChI is InChI=1S/C35H54N4O6/c1-24(2)18-28(14-16-40)36-32(41)25-19-26(21-38(20-25)34(43)45-35(3,4)5)33(42)39(29-12-13-29)23-27-22-37(15-9-17-44-6)31-11-8-7-10-30(27)31/h7-8,10-11,22,24-26,28-29,40H,9,12-21,23H2,1-6H3,(H,36,41)/t25-,26+,28+/m0/s1. The number of nitrogens with zero attached hydrogens (tertiary/aromatic N) is 3. The Bertz CT molecular complexity index is 1300. The van der Waals surface area contributed by atoms with Crippen molar-refractivity contribution in [1.29, 1.82) is 0 Å². The van der Waals surface area contributed by atoms with Crippen LogP contribution in [0.15, 0.2) is 30.5 Å². The number of carbonyl (C=O) groups excluding carboxylic acids is 3. The predicted molar refractivity (Wildman–Crippen MR) is 174 cm³/mol. The maximum absolute atomic E-state index is 14.4. The van der Waals surface area contributed by atoms with Gasteiger partial charge in [0.15, 0.2) is 0 Å². The van der Waals surface area contributed by atoms with E-state index in [1.54, 1.807) is 7.11 Å². The van der Waals surface area contributed by atoms with E-state index in [0.717, 1.165) is 48.7 Å². The summed E-state index contributed by atoms with van der Waals surface area (Å²) in [6, 6.07) is 8.27. The molecule has 10 nitrogen and oxygen atoms in total. The van der Waals surface area contributed by atoms with Gasteiger partial charge in [-0.15, -0.1) is 0 Å². The average Bonchev–Trinajstić information content (AvgIpc) is 3.76. The molecule has 45 heavy (non-hydrogen) atoms. The van der Waals surface area contributed by atoms with Gasteiger partial charge in [-0.2, -0.15) is 0 Å². The number of carbonyl (C=O) groups is 3. The quantitative estimate of drug-likeness (QED) is 0.287. The van der Waals surface area contributed by atoms with Crippen LogP contribution in [0, 0.1) is 17.8 Å². The highest BCUT2D eigenvalue weighted by Crippen LogP contribution is 2.35. The van der Waals surface area contributed by atoms with Crippen molar-refractivity contribution >= 4 is 28.8 Å². The van der Waals surface area contributed by atoms with Crippen molar-refractivity contribution in [3.63, 3.8) is 0 Å². The van der Waals surface area contributed by atoms with Crippen LogP contribution in [0.1, 0.15) is 78.7 Å². The molecule has 10 heteroatoms. The number of piperidine rings is 1. The molecule has 2 aliphatic rings. The molecule has 3 atom stereocenters. The number of benzene rings is 1. The SMILES string of the molecule is COCCCn1cc(CN(C(=O)[C@@H]2C[C@H](C(=O)N[C@H](CCO)CC(C)C)CN(C(=O)OC(C)(C)C)C2)C2CC2)c2ccccc21. The number of aromatic nitrogens is 1. The van der Waals surface area contributed by atoms with Crippen LogP contribution in [0.5, 0.6) is 0 Å². The lowest BCUT2D eigenvalue weighted by molar-refractivity contribution is -0.140. The molecule has 0 spiro atoms. The van der Waals surface area contributed by atoms with Crippen molar-refractivity contribution in [2.24, 2.45) is 17.8 Å². The van der Waals surface area contributed by atoms with Crippen LogP contribution in [-0.4, -0.2) is 88.5 Å². The van der Waals surface area contributed by atoms with Crippen molar-refractivity contribution < 1.29 is 29.0 Å². The van der Waals surface area contributed by atoms with Gasteiger partial charge in [0.05, 0.1) is 11.8 Å². The molecule has 1 aromatic carbocycles. The normalized spacial score (nSPS) is 19.5. The first-order valence-electron chi connectivity index (χ1n) is 16.7. The molecule has 1 aliphatic carbocycles. The van der Waals surface area contributed by atoms with Gasteiger partial charge >= 0.3 is 6.09 Å². The number of fused-ring (bicyclic) bond motifs is 1. The van der Waals surface area contributed by atoms with Crippen molar-refractivity contribution in [3.8, 4) is 0 Å². The van der Waals surface area contributed by atoms with Crippen LogP contribution in [0.25, 0.3) is 10.9 Å². The molecule has 0 unspecified atom stereocenters. The monoisotopic (exact) mass is 626 g/mol. The summed E-state index contributed by atoms with van der Waals surface area (Å²) in [6.07, 6.45) is 5.99. The zero-order valence-electron chi connectivity index (χ0n) is 28.1. The van der Waals surface area contributed by atoms with Crippen molar-refractivity contribution in [2.45, 2.75) is 104 Å². The second-order valence-corrected chi connectivity index (χ2v) is 14.3. The molecule has 2 fully saturated rings. The molecular formula is C35H54N4O6. The van der Waals surface area contributed by atoms with Crippen LogP contribution in [0.3, 0.4) is 0 Å². The van der Waals surface area contributed by atoms with E-state index < -0.39 is 23.5 Å². The van der Waals surface area contributed by atoms with Crippen LogP contribution < -0.4 is 5.32 Å². The Morgan fingerprint density at radius 3 is 2.47 bits per heavy atom. The maximum Gasteiger partial charge on any atom is 0.410 e. The van der Waals surface area contributed by atoms with Crippen LogP contribution >= 0.6 is 0 Å². The number of hydrogen-bond donors (Lipinski definition) is 2. The number of methoxy groups -OCH3 is 1. The van der Waals surface area contributed by atoms with E-state index >= 15 is 0 Å². The van der Waals surface area contributed by atoms with Gasteiger partial charge in [0, 0.05) is 75.7 Å². The number of amides is 3. The predicted octanol–water partition coefficient (Wildman–Crippen LogP) is 4.96. The summed E-state index contributed by atoms with van der Waals surface area (Å²) in [5.74, 6) is -0.943. The van der Waals surface area contributed by atoms with E-state index in [4.69, 9.17) is 9.47 Å². The van der Waals surface area contributed by atoms with Crippen LogP contribution in [-0.2, 0) is 32.2 Å². The molecule has 1 saturated carbocycles. The fraction of sp³-hybridized carbons (Fsp3) is 0.686. The lowest BCUT2D eigenvalue weighted by atomic mass is 9.87. The number of likely N-dealkylation sites (tertiary alicyclic amines) is 1. The Balaban J connectivity index is 1.57. The molecule has 250 valence electrons. The van der Waals surface area contributed by atoms with E-state index in [0.29, 0.717) is 31.9 Å². The van der Waals surface area contributed by atoms with Gasteiger partial charge in [0.2, 0.25) is 11.8 Å². The minimum Gasteiger partial charge on any atom is -0.444 e. The fourth-order valence-electron chi connectivity index (χ4n) is 6.44. The van der Waals surface area contributed by atoms with Gasteiger partial charge in [-0.1, -0.05) is 32.0 Å². The molecule has 4 rings (SSSR count). The number of aliphatic hydroxyl groups excluding tert-OH is 1. The largest absolute Gasteiger partial charge is 0.444 e. The Labute approximate surface area is 268 Å². The first-order chi connectivity index (χ1) is 21.4. The van der Waals surface area contributed by atoms with E-state index in [9.17, 15) is 19.5 Å². The highest BCUT2D eigenvalue weighted by atomic mass is 16.6. The van der Waals surface area contributed by atoms with Gasteiger partial charge in [-0.05, 0) is 76.8 Å². The topological polar surface area (TPSA) is 113 Å². The molecule has 3 amide bonds. The summed E-state index contributed by atoms with van der Waals surface area (Å²) in [6.45, 7) is 12.0. The molecule has 2 heterocycles. The third kappa shape index (κ3) is 9.69. The van der Waals surface area contributed by atoms with E-state index in [-0.39, 0.29) is 43.6 Å². The van der Waals surface area contributed by atoms with Crippen molar-refractivity contribution in [2.75, 3.05) is 33.4 Å². The number of aliphatic hydroxyl groups is 1. The van der Waals surface area contributed by atoms with E-state index in [1.807, 2.05) is 37.8 Å². The average molecular weight is 627 g/mol. The van der Waals surface area contributed by atoms with Gasteiger partial charge in [0.1, 0.15) is 5.60 Å². The summed E-state index contributed by atoms with van der Waals surface area (Å²) in [5, 5.41) is 13.8. The smallest absolute Gasteiger partial charge is 0.410 e. The molecule has 1 aliphatic heterocycles. The van der Waals surface area contributed by atoms with E-state index in [2.05, 4.69) is 42.1 Å². The van der Waals surface area contributed by atoms with Crippen molar-refractivity contribution in [1.82, 2.24) is 19.7 Å². The summed E-state index contributed by atoms with van der Waals surface area (Å²) in [4.78, 5) is 44.8. The Hall–Kier alpha value is -3.11. The first-order valence-corrected chi connectivity index (χ1v) is 16.7. The number of hydrogen-bond acceptors (Lipinski definition) is 6. The third-order valence-electron chi connectivity index (χ3n) is 8.63.